The van der Waals surface area contributed by atoms with Gasteiger partial charge in [-0.25, -0.2) is 13.2 Å². The van der Waals surface area contributed by atoms with Crippen LogP contribution in [0.2, 0.25) is 0 Å². The van der Waals surface area contributed by atoms with E-state index in [-0.39, 0.29) is 16.4 Å². The van der Waals surface area contributed by atoms with Crippen LogP contribution in [0.1, 0.15) is 44.5 Å². The van der Waals surface area contributed by atoms with Crippen molar-refractivity contribution >= 4 is 21.7 Å². The molecule has 0 unspecified atom stereocenters. The number of carboxylic acid groups (broad SMARTS) is 1. The van der Waals surface area contributed by atoms with Crippen molar-refractivity contribution in [2.45, 2.75) is 50.3 Å². The summed E-state index contributed by atoms with van der Waals surface area (Å²) in [5.41, 5.74) is 0.224. The van der Waals surface area contributed by atoms with Crippen LogP contribution in [-0.4, -0.2) is 36.7 Å². The van der Waals surface area contributed by atoms with E-state index >= 15 is 0 Å². The molecule has 0 saturated carbocycles. The Morgan fingerprint density at radius 1 is 1.13 bits per heavy atom. The third kappa shape index (κ3) is 4.54. The van der Waals surface area contributed by atoms with Crippen LogP contribution in [0, 0.1) is 5.92 Å². The average Bonchev–Trinajstić information content (AvgIpc) is 2.51. The maximum Gasteiger partial charge on any atom is 0.326 e. The number of benzene rings is 1. The molecule has 0 bridgehead atoms. The SMILES string of the molecule is CC[C@H](C)[C@H](NC(=O)c1ccc(S(=O)(=O)C(C)C)cc1)C(=O)O. The van der Waals surface area contributed by atoms with E-state index in [9.17, 15) is 23.1 Å². The summed E-state index contributed by atoms with van der Waals surface area (Å²) in [5, 5.41) is 11.1. The second kappa shape index (κ2) is 7.59. The molecular weight excluding hydrogens is 318 g/mol. The number of carbonyl (C=O) groups excluding carboxylic acids is 1. The zero-order valence-corrected chi connectivity index (χ0v) is 14.6. The van der Waals surface area contributed by atoms with Crippen LogP contribution >= 0.6 is 0 Å². The topological polar surface area (TPSA) is 101 Å². The van der Waals surface area contributed by atoms with E-state index in [4.69, 9.17) is 0 Å². The highest BCUT2D eigenvalue weighted by molar-refractivity contribution is 7.92. The summed E-state index contributed by atoms with van der Waals surface area (Å²) >= 11 is 0. The van der Waals surface area contributed by atoms with E-state index < -0.39 is 33.0 Å². The van der Waals surface area contributed by atoms with Crippen LogP contribution in [0.25, 0.3) is 0 Å². The first-order chi connectivity index (χ1) is 10.6. The van der Waals surface area contributed by atoms with Crippen molar-refractivity contribution in [1.82, 2.24) is 5.32 Å². The molecule has 0 spiro atoms. The van der Waals surface area contributed by atoms with Crippen molar-refractivity contribution in [3.05, 3.63) is 29.8 Å². The molecule has 0 fully saturated rings. The van der Waals surface area contributed by atoms with Crippen molar-refractivity contribution in [3.63, 3.8) is 0 Å². The zero-order valence-electron chi connectivity index (χ0n) is 13.7. The van der Waals surface area contributed by atoms with Gasteiger partial charge in [-0.3, -0.25) is 4.79 Å². The van der Waals surface area contributed by atoms with Crippen LogP contribution < -0.4 is 5.32 Å². The summed E-state index contributed by atoms with van der Waals surface area (Å²) in [5.74, 6) is -1.84. The standard InChI is InChI=1S/C16H23NO5S/c1-5-11(4)14(16(19)20)17-15(18)12-6-8-13(9-7-12)23(21,22)10(2)3/h6-11,14H,5H2,1-4H3,(H,17,18)(H,19,20)/t11-,14-/m0/s1. The average molecular weight is 341 g/mol. The molecule has 1 rings (SSSR count). The first-order valence-corrected chi connectivity index (χ1v) is 9.03. The lowest BCUT2D eigenvalue weighted by Crippen LogP contribution is -2.45. The summed E-state index contributed by atoms with van der Waals surface area (Å²) in [6.07, 6.45) is 0.614. The Kier molecular flexibility index (Phi) is 6.32. The lowest BCUT2D eigenvalue weighted by atomic mass is 9.99. The fraction of sp³-hybridized carbons (Fsp3) is 0.500. The molecule has 2 atom stereocenters. The second-order valence-electron chi connectivity index (χ2n) is 5.79. The molecule has 0 radical (unpaired) electrons. The minimum Gasteiger partial charge on any atom is -0.480 e. The summed E-state index contributed by atoms with van der Waals surface area (Å²) < 4.78 is 24.1. The molecule has 2 N–H and O–H groups in total. The molecule has 128 valence electrons. The van der Waals surface area contributed by atoms with Gasteiger partial charge in [0.15, 0.2) is 9.84 Å². The van der Waals surface area contributed by atoms with Crippen LogP contribution in [-0.2, 0) is 14.6 Å². The van der Waals surface area contributed by atoms with E-state index in [1.165, 1.54) is 24.3 Å². The maximum absolute atomic E-state index is 12.2. The predicted octanol–water partition coefficient (Wildman–Crippen LogP) is 2.10. The van der Waals surface area contributed by atoms with Gasteiger partial charge in [-0.1, -0.05) is 20.3 Å². The third-order valence-electron chi connectivity index (χ3n) is 3.83. The van der Waals surface area contributed by atoms with E-state index in [0.29, 0.717) is 6.42 Å². The van der Waals surface area contributed by atoms with Crippen molar-refractivity contribution < 1.29 is 23.1 Å². The first-order valence-electron chi connectivity index (χ1n) is 7.48. The highest BCUT2D eigenvalue weighted by Gasteiger charge is 2.26. The molecule has 6 nitrogen and oxygen atoms in total. The van der Waals surface area contributed by atoms with Crippen LogP contribution in [0.4, 0.5) is 0 Å². The van der Waals surface area contributed by atoms with E-state index in [1.54, 1.807) is 20.8 Å². The van der Waals surface area contributed by atoms with Gasteiger partial charge in [0.2, 0.25) is 0 Å². The van der Waals surface area contributed by atoms with Crippen molar-refractivity contribution in [1.29, 1.82) is 0 Å². The predicted molar refractivity (Wildman–Crippen MR) is 87.1 cm³/mol. The van der Waals surface area contributed by atoms with E-state index in [0.717, 1.165) is 0 Å². The Hall–Kier alpha value is -1.89. The third-order valence-corrected chi connectivity index (χ3v) is 6.00. The zero-order chi connectivity index (χ0) is 17.8. The van der Waals surface area contributed by atoms with E-state index in [1.807, 2.05) is 6.92 Å². The van der Waals surface area contributed by atoms with Gasteiger partial charge < -0.3 is 10.4 Å². The van der Waals surface area contributed by atoms with Gasteiger partial charge >= 0.3 is 5.97 Å². The molecule has 23 heavy (non-hydrogen) atoms. The van der Waals surface area contributed by atoms with Crippen LogP contribution in [0.15, 0.2) is 29.2 Å². The molecule has 0 aliphatic heterocycles. The number of sulfone groups is 1. The second-order valence-corrected chi connectivity index (χ2v) is 8.30. The van der Waals surface area contributed by atoms with Crippen molar-refractivity contribution in [3.8, 4) is 0 Å². The lowest BCUT2D eigenvalue weighted by Gasteiger charge is -2.20. The Morgan fingerprint density at radius 3 is 2.04 bits per heavy atom. The Bertz CT molecular complexity index is 664. The highest BCUT2D eigenvalue weighted by atomic mass is 32.2. The van der Waals surface area contributed by atoms with E-state index in [2.05, 4.69) is 5.32 Å². The van der Waals surface area contributed by atoms with Gasteiger partial charge in [-0.2, -0.15) is 0 Å². The Labute approximate surface area is 136 Å². The molecule has 0 heterocycles. The van der Waals surface area contributed by atoms with Gasteiger partial charge in [0.05, 0.1) is 10.1 Å². The number of carboxylic acids is 1. The van der Waals surface area contributed by atoms with Gasteiger partial charge in [-0.05, 0) is 44.0 Å². The van der Waals surface area contributed by atoms with Gasteiger partial charge in [-0.15, -0.1) is 0 Å². The molecule has 0 aliphatic carbocycles. The minimum absolute atomic E-state index is 0.140. The fourth-order valence-corrected chi connectivity index (χ4v) is 3.04. The minimum atomic E-state index is -3.40. The molecule has 1 aromatic carbocycles. The highest BCUT2D eigenvalue weighted by Crippen LogP contribution is 2.17. The van der Waals surface area contributed by atoms with Crippen molar-refractivity contribution in [2.75, 3.05) is 0 Å². The molecule has 0 aromatic heterocycles. The number of nitrogens with one attached hydrogen (secondary N) is 1. The van der Waals surface area contributed by atoms with Gasteiger partial charge in [0, 0.05) is 5.56 Å². The fourth-order valence-electron chi connectivity index (χ4n) is 1.98. The molecule has 1 amide bonds. The lowest BCUT2D eigenvalue weighted by molar-refractivity contribution is -0.140. The molecular formula is C16H23NO5S. The molecule has 0 saturated heterocycles. The molecule has 7 heteroatoms. The number of rotatable bonds is 7. The number of aliphatic carboxylic acids is 1. The van der Waals surface area contributed by atoms with Gasteiger partial charge in [0.1, 0.15) is 6.04 Å². The summed E-state index contributed by atoms with van der Waals surface area (Å²) in [6.45, 7) is 6.76. The van der Waals surface area contributed by atoms with Crippen molar-refractivity contribution in [2.24, 2.45) is 5.92 Å². The van der Waals surface area contributed by atoms with Crippen LogP contribution in [0.3, 0.4) is 0 Å². The van der Waals surface area contributed by atoms with Crippen LogP contribution in [0.5, 0.6) is 0 Å². The number of hydrogen-bond acceptors (Lipinski definition) is 4. The Balaban J connectivity index is 2.96. The molecule has 1 aromatic rings. The number of hydrogen-bond donors (Lipinski definition) is 2. The summed E-state index contributed by atoms with van der Waals surface area (Å²) in [4.78, 5) is 23.5. The number of amides is 1. The Morgan fingerprint density at radius 2 is 1.65 bits per heavy atom. The quantitative estimate of drug-likeness (QED) is 0.791. The van der Waals surface area contributed by atoms with Gasteiger partial charge in [0.25, 0.3) is 5.91 Å². The summed E-state index contributed by atoms with van der Waals surface area (Å²) in [6, 6.07) is 4.53. The normalized spacial score (nSPS) is 14.3. The summed E-state index contributed by atoms with van der Waals surface area (Å²) in [7, 11) is -3.40. The largest absolute Gasteiger partial charge is 0.480 e. The monoisotopic (exact) mass is 341 g/mol. The first kappa shape index (κ1) is 19.2. The smallest absolute Gasteiger partial charge is 0.326 e. The molecule has 0 aliphatic rings. The number of carbonyl (C=O) groups is 2. The maximum atomic E-state index is 12.2.